The van der Waals surface area contributed by atoms with Crippen molar-refractivity contribution in [2.45, 2.75) is 132 Å². The number of carbonyl (C=O) groups is 1. The Morgan fingerprint density at radius 3 is 2.25 bits per heavy atom. The Morgan fingerprint density at radius 1 is 0.950 bits per heavy atom. The first-order chi connectivity index (χ1) is 18.7. The van der Waals surface area contributed by atoms with Crippen LogP contribution in [0.1, 0.15) is 126 Å². The zero-order valence-corrected chi connectivity index (χ0v) is 27.3. The molecule has 1 amide bonds. The highest BCUT2D eigenvalue weighted by Crippen LogP contribution is 2.97. The Morgan fingerprint density at radius 2 is 1.60 bits per heavy atom. The maximum atomic E-state index is 14.7. The van der Waals surface area contributed by atoms with Gasteiger partial charge in [0.1, 0.15) is 0 Å². The van der Waals surface area contributed by atoms with Gasteiger partial charge in [0.05, 0.1) is 11.5 Å². The van der Waals surface area contributed by atoms with E-state index in [1.54, 1.807) is 5.57 Å². The number of hydrogen-bond donors (Lipinski definition) is 1. The van der Waals surface area contributed by atoms with Crippen LogP contribution in [0, 0.1) is 43.8 Å². The fourth-order valence-corrected chi connectivity index (χ4v) is 12.7. The minimum atomic E-state index is -0.218. The molecule has 1 saturated heterocycles. The second kappa shape index (κ2) is 9.07. The highest BCUT2D eigenvalue weighted by Gasteiger charge is 2.91. The van der Waals surface area contributed by atoms with E-state index in [1.807, 2.05) is 6.92 Å². The Hall–Kier alpha value is -0.870. The minimum absolute atomic E-state index is 0.160. The molecule has 4 heteroatoms. The van der Waals surface area contributed by atoms with Crippen molar-refractivity contribution in [3.8, 4) is 0 Å². The van der Waals surface area contributed by atoms with E-state index in [0.717, 1.165) is 71.2 Å². The number of rotatable bonds is 6. The summed E-state index contributed by atoms with van der Waals surface area (Å²) < 4.78 is 0. The second-order valence-electron chi connectivity index (χ2n) is 17.2. The van der Waals surface area contributed by atoms with Crippen molar-refractivity contribution in [3.63, 3.8) is 0 Å². The molecule has 6 rings (SSSR count). The first-order valence-corrected chi connectivity index (χ1v) is 17.1. The minimum Gasteiger partial charge on any atom is -0.393 e. The van der Waals surface area contributed by atoms with Crippen molar-refractivity contribution < 1.29 is 9.90 Å². The number of fused-ring (bicyclic) bond motifs is 4. The molecule has 0 aromatic rings. The summed E-state index contributed by atoms with van der Waals surface area (Å²) in [7, 11) is 0. The molecule has 1 N–H and O–H groups in total. The average Bonchev–Trinajstić information content (AvgIpc) is 3.16. The number of hydrogen-bond acceptors (Lipinski definition) is 3. The summed E-state index contributed by atoms with van der Waals surface area (Å²) in [6.07, 6.45) is 15.2. The van der Waals surface area contributed by atoms with Crippen molar-refractivity contribution in [2.24, 2.45) is 43.8 Å². The quantitative estimate of drug-likeness (QED) is 0.348. The van der Waals surface area contributed by atoms with Gasteiger partial charge >= 0.3 is 0 Å². The highest BCUT2D eigenvalue weighted by atomic mass is 16.3. The molecule has 1 spiro atoms. The molecular formula is C36H60N2O2. The van der Waals surface area contributed by atoms with Gasteiger partial charge in [0.15, 0.2) is 0 Å². The van der Waals surface area contributed by atoms with Gasteiger partial charge in [0, 0.05) is 26.2 Å². The molecule has 0 bridgehead atoms. The van der Waals surface area contributed by atoms with Crippen LogP contribution in [0.2, 0.25) is 0 Å². The van der Waals surface area contributed by atoms with Crippen LogP contribution in [0.15, 0.2) is 11.6 Å². The van der Waals surface area contributed by atoms with Gasteiger partial charge in [-0.05, 0) is 123 Å². The Bertz CT molecular complexity index is 1070. The molecule has 4 nitrogen and oxygen atoms in total. The molecule has 8 atom stereocenters. The highest BCUT2D eigenvalue weighted by molar-refractivity contribution is 5.84. The van der Waals surface area contributed by atoms with E-state index >= 15 is 0 Å². The van der Waals surface area contributed by atoms with Gasteiger partial charge in [-0.15, -0.1) is 0 Å². The Kier molecular flexibility index (Phi) is 6.62. The van der Waals surface area contributed by atoms with E-state index in [2.05, 4.69) is 64.3 Å². The monoisotopic (exact) mass is 552 g/mol. The number of aliphatic hydroxyl groups is 1. The Labute approximate surface area is 245 Å². The van der Waals surface area contributed by atoms with Gasteiger partial charge in [-0.2, -0.15) is 0 Å². The standard InChI is InChI=1S/C36H60N2O2/c1-9-20-37-21-23-38(24-22-37)29(40)35-18-14-30(3,4)25-28(35)27-11-13-36-32(6,31(27,5)15-19-35)16-17-34(36,8)33(36,7)12-10-26(2)39/h11,26,28,39H,9-10,12-25H2,1-8H3/t26?,28?,31-,32?,33?,34?,35?,36?/m1/s1. The molecule has 40 heavy (non-hydrogen) atoms. The van der Waals surface area contributed by atoms with Crippen molar-refractivity contribution in [2.75, 3.05) is 32.7 Å². The summed E-state index contributed by atoms with van der Waals surface area (Å²) in [6.45, 7) is 24.7. The van der Waals surface area contributed by atoms with E-state index in [-0.39, 0.29) is 22.3 Å². The van der Waals surface area contributed by atoms with Crippen molar-refractivity contribution in [1.29, 1.82) is 0 Å². The van der Waals surface area contributed by atoms with Crippen LogP contribution in [0.25, 0.3) is 0 Å². The lowest BCUT2D eigenvalue weighted by Gasteiger charge is -2.65. The van der Waals surface area contributed by atoms with Crippen molar-refractivity contribution >= 4 is 5.91 Å². The zero-order chi connectivity index (χ0) is 29.0. The smallest absolute Gasteiger partial charge is 0.229 e. The normalized spacial score (nSPS) is 48.4. The van der Waals surface area contributed by atoms with Gasteiger partial charge in [-0.1, -0.05) is 60.1 Å². The zero-order valence-electron chi connectivity index (χ0n) is 27.3. The molecule has 5 fully saturated rings. The largest absolute Gasteiger partial charge is 0.393 e. The van der Waals surface area contributed by atoms with E-state index in [9.17, 15) is 9.90 Å². The molecule has 1 aliphatic heterocycles. The molecule has 7 unspecified atom stereocenters. The lowest BCUT2D eigenvalue weighted by Crippen LogP contribution is -2.62. The summed E-state index contributed by atoms with van der Waals surface area (Å²) >= 11 is 0. The summed E-state index contributed by atoms with van der Waals surface area (Å²) in [5.41, 5.74) is 3.18. The van der Waals surface area contributed by atoms with Crippen LogP contribution in [0.5, 0.6) is 0 Å². The topological polar surface area (TPSA) is 43.8 Å². The molecule has 0 aromatic heterocycles. The molecule has 5 aliphatic carbocycles. The summed E-state index contributed by atoms with van der Waals surface area (Å²) in [4.78, 5) is 19.5. The molecule has 0 aromatic carbocycles. The SMILES string of the molecule is CCCN1CCN(C(=O)C23CCC(C)(C)CC2C2=CCC45C(C)(CCC(C)O)C4(C)CCC5(C)[C@]2(C)CC3)CC1. The third-order valence-electron chi connectivity index (χ3n) is 15.4. The third-order valence-corrected chi connectivity index (χ3v) is 15.4. The lowest BCUT2D eigenvalue weighted by molar-refractivity contribution is -0.160. The number of piperazine rings is 1. The van der Waals surface area contributed by atoms with E-state index in [4.69, 9.17) is 0 Å². The molecule has 0 radical (unpaired) electrons. The number of nitrogens with zero attached hydrogens (tertiary/aromatic N) is 2. The van der Waals surface area contributed by atoms with Crippen LogP contribution >= 0.6 is 0 Å². The van der Waals surface area contributed by atoms with Gasteiger partial charge in [-0.25, -0.2) is 0 Å². The predicted molar refractivity (Wildman–Crippen MR) is 164 cm³/mol. The summed E-state index contributed by atoms with van der Waals surface area (Å²) in [5.74, 6) is 0.890. The first kappa shape index (κ1) is 29.2. The Balaban J connectivity index is 1.36. The lowest BCUT2D eigenvalue weighted by atomic mass is 9.39. The van der Waals surface area contributed by atoms with Crippen LogP contribution in [0.3, 0.4) is 0 Å². The molecule has 226 valence electrons. The summed E-state index contributed by atoms with van der Waals surface area (Å²) in [6, 6.07) is 0. The van der Waals surface area contributed by atoms with E-state index in [1.165, 1.54) is 32.1 Å². The van der Waals surface area contributed by atoms with Crippen LogP contribution < -0.4 is 0 Å². The number of amides is 1. The van der Waals surface area contributed by atoms with E-state index < -0.39 is 0 Å². The molecule has 6 aliphatic rings. The van der Waals surface area contributed by atoms with Gasteiger partial charge in [-0.3, -0.25) is 9.69 Å². The van der Waals surface area contributed by atoms with Gasteiger partial charge < -0.3 is 10.0 Å². The average molecular weight is 553 g/mol. The maximum absolute atomic E-state index is 14.7. The molecule has 4 saturated carbocycles. The molecular weight excluding hydrogens is 492 g/mol. The van der Waals surface area contributed by atoms with Crippen molar-refractivity contribution in [1.82, 2.24) is 9.80 Å². The van der Waals surface area contributed by atoms with Crippen LogP contribution in [-0.4, -0.2) is 59.6 Å². The number of aliphatic hydroxyl groups excluding tert-OH is 1. The van der Waals surface area contributed by atoms with Crippen molar-refractivity contribution in [3.05, 3.63) is 11.6 Å². The second-order valence-corrected chi connectivity index (χ2v) is 17.2. The fourth-order valence-electron chi connectivity index (χ4n) is 12.7. The van der Waals surface area contributed by atoms with Crippen LogP contribution in [-0.2, 0) is 4.79 Å². The van der Waals surface area contributed by atoms with Crippen LogP contribution in [0.4, 0.5) is 0 Å². The fraction of sp³-hybridized carbons (Fsp3) is 0.917. The van der Waals surface area contributed by atoms with Gasteiger partial charge in [0.2, 0.25) is 5.91 Å². The summed E-state index contributed by atoms with van der Waals surface area (Å²) in [5, 5.41) is 10.2. The predicted octanol–water partition coefficient (Wildman–Crippen LogP) is 7.46. The maximum Gasteiger partial charge on any atom is 0.229 e. The number of carbonyl (C=O) groups excluding carboxylic acids is 1. The van der Waals surface area contributed by atoms with Gasteiger partial charge in [0.25, 0.3) is 0 Å². The number of allylic oxidation sites excluding steroid dienone is 2. The van der Waals surface area contributed by atoms with E-state index in [0.29, 0.717) is 33.5 Å². The molecule has 1 heterocycles. The first-order valence-electron chi connectivity index (χ1n) is 17.1. The third kappa shape index (κ3) is 3.42.